The van der Waals surface area contributed by atoms with Crippen molar-refractivity contribution in [1.82, 2.24) is 31.9 Å². The van der Waals surface area contributed by atoms with Crippen LogP contribution < -0.4 is 59.6 Å². The number of amides is 6. The van der Waals surface area contributed by atoms with Crippen LogP contribution in [0.15, 0.2) is 64.6 Å². The number of aliphatic imine (C=N–C) groups is 2. The van der Waals surface area contributed by atoms with Crippen LogP contribution in [0.5, 0.6) is 5.75 Å². The molecule has 15 atom stereocenters. The molecular weight excluding hydrogens is 1140 g/mol. The van der Waals surface area contributed by atoms with Gasteiger partial charge in [-0.3, -0.25) is 38.8 Å². The number of aliphatic hydroxyl groups is 6. The van der Waals surface area contributed by atoms with Crippen LogP contribution in [0, 0.1) is 23.7 Å². The highest BCUT2D eigenvalue weighted by Crippen LogP contribution is 2.61. The van der Waals surface area contributed by atoms with Crippen molar-refractivity contribution < 1.29 is 87.8 Å². The zero-order valence-corrected chi connectivity index (χ0v) is 48.0. The number of rotatable bonds is 18. The van der Waals surface area contributed by atoms with E-state index >= 15 is 0 Å². The van der Waals surface area contributed by atoms with Gasteiger partial charge in [0, 0.05) is 37.8 Å². The fourth-order valence-corrected chi connectivity index (χ4v) is 13.2. The number of nitrogens with two attached hydrogens (primary N) is 4. The van der Waals surface area contributed by atoms with E-state index in [1.165, 1.54) is 30.7 Å². The second kappa shape index (κ2) is 29.0. The first-order valence-electron chi connectivity index (χ1n) is 29.6. The van der Waals surface area contributed by atoms with E-state index in [2.05, 4.69) is 41.9 Å². The number of carbonyl (C=O) groups excluding carboxylic acids is 6. The van der Waals surface area contributed by atoms with Crippen molar-refractivity contribution in [2.24, 2.45) is 56.6 Å². The summed E-state index contributed by atoms with van der Waals surface area (Å²) in [4.78, 5) is 92.0. The van der Waals surface area contributed by atoms with Gasteiger partial charge in [-0.05, 0) is 92.9 Å². The molecule has 6 amide bonds. The lowest BCUT2D eigenvalue weighted by Crippen LogP contribution is -2.71. The summed E-state index contributed by atoms with van der Waals surface area (Å²) in [6.45, 7) is -2.27. The Labute approximate surface area is 501 Å². The summed E-state index contributed by atoms with van der Waals surface area (Å²) in [5.74, 6) is -4.99. The predicted molar refractivity (Wildman–Crippen MR) is 304 cm³/mol. The molecule has 8 fully saturated rings. The first-order valence-corrected chi connectivity index (χ1v) is 29.6. The molecule has 4 heterocycles. The second-order valence-electron chi connectivity index (χ2n) is 23.6. The van der Waals surface area contributed by atoms with E-state index in [9.17, 15) is 59.4 Å². The zero-order valence-electron chi connectivity index (χ0n) is 48.0. The Kier molecular flexibility index (Phi) is 21.5. The quantitative estimate of drug-likeness (QED) is 0.0376. The van der Waals surface area contributed by atoms with E-state index in [0.29, 0.717) is 23.0 Å². The van der Waals surface area contributed by atoms with Gasteiger partial charge in [-0.25, -0.2) is 0 Å². The third-order valence-corrected chi connectivity index (χ3v) is 17.4. The Morgan fingerprint density at radius 2 is 1.11 bits per heavy atom. The van der Waals surface area contributed by atoms with E-state index in [1.807, 2.05) is 0 Å². The lowest BCUT2D eigenvalue weighted by molar-refractivity contribution is -0.437. The average Bonchev–Trinajstić information content (AvgIpc) is 0.748. The van der Waals surface area contributed by atoms with Crippen LogP contribution in [0.1, 0.15) is 68.9 Å². The molecule has 30 heteroatoms. The molecule has 4 saturated heterocycles. The number of nitrogens with one attached hydrogen (secondary N) is 6. The van der Waals surface area contributed by atoms with Gasteiger partial charge < -0.3 is 114 Å². The minimum atomic E-state index is -1.82. The molecule has 0 radical (unpaired) electrons. The molecule has 10 rings (SSSR count). The second-order valence-corrected chi connectivity index (χ2v) is 23.6. The zero-order chi connectivity index (χ0) is 62.1. The van der Waals surface area contributed by atoms with E-state index in [4.69, 9.17) is 51.4 Å². The van der Waals surface area contributed by atoms with Gasteiger partial charge in [-0.1, -0.05) is 42.5 Å². The average molecular weight is 1220 g/mol. The van der Waals surface area contributed by atoms with Crippen LogP contribution in [-0.2, 0) is 65.3 Å². The molecular formula is C57H82N12O18. The standard InChI is InChI=1S/C57H82N12O18/c58-55(59)62-14-4-8-34-49(78)66-35(9-5-15-63-56(60)61)50(79)69-38(24-70)48(77)64-23-41(72)65-36(21-27-6-2-1-3-7-27)51(80)68-37(52(81)67-34)22-28-10-12-33(13-11-28)83-53-44(75)42(73)46(39(25-71)84-53)86-54-45(76)43(74)47-40(85-54)26-82-57(87-47)31-17-29-16-30(19-31)20-32(57)18-29/h1-3,6-7,10-13,29-32,34-40,42-47,53-54,70-71,73-76H,4-5,8-9,14-26H2,(H,64,77)(H,65,72)(H,66,78)(H,67,81)(H,68,80)(H,69,79)(H4,58,59,62)(H4,60,61,63)/t29?,30?,31?,32?,34?,35?,36?,37?,38?,39-,40+,42+,43+,44-,45-,46+,47+,53-,54-,57?/m0/s1. The van der Waals surface area contributed by atoms with Crippen LogP contribution in [0.25, 0.3) is 0 Å². The Hall–Kier alpha value is -6.84. The van der Waals surface area contributed by atoms with Crippen LogP contribution in [-0.4, -0.2) is 215 Å². The maximum Gasteiger partial charge on any atom is 0.245 e. The summed E-state index contributed by atoms with van der Waals surface area (Å²) in [6.07, 6.45) is -9.77. The molecule has 0 aromatic heterocycles. The van der Waals surface area contributed by atoms with Crippen molar-refractivity contribution in [2.75, 3.05) is 39.5 Å². The lowest BCUT2D eigenvalue weighted by atomic mass is 9.53. The van der Waals surface area contributed by atoms with Crippen molar-refractivity contribution in [3.8, 4) is 5.75 Å². The minimum Gasteiger partial charge on any atom is -0.462 e. The van der Waals surface area contributed by atoms with Crippen LogP contribution >= 0.6 is 0 Å². The third kappa shape index (κ3) is 15.7. The molecule has 30 nitrogen and oxygen atoms in total. The maximum absolute atomic E-state index is 14.7. The number of hydrogen-bond acceptors (Lipinski definition) is 20. The van der Waals surface area contributed by atoms with Crippen LogP contribution in [0.4, 0.5) is 0 Å². The molecule has 478 valence electrons. The molecule has 8 aliphatic rings. The predicted octanol–water partition coefficient (Wildman–Crippen LogP) is -5.66. The van der Waals surface area contributed by atoms with Crippen molar-refractivity contribution >= 4 is 47.4 Å². The molecule has 4 aliphatic carbocycles. The number of nitrogens with zero attached hydrogens (tertiary/aromatic N) is 2. The van der Waals surface area contributed by atoms with Gasteiger partial charge in [0.05, 0.1) is 26.4 Å². The molecule has 1 spiro atoms. The van der Waals surface area contributed by atoms with Gasteiger partial charge in [0.2, 0.25) is 41.7 Å². The van der Waals surface area contributed by atoms with Gasteiger partial charge in [-0.15, -0.1) is 0 Å². The number of aliphatic hydroxyl groups excluding tert-OH is 6. The Bertz CT molecular complexity index is 2750. The molecule has 4 saturated carbocycles. The largest absolute Gasteiger partial charge is 0.462 e. The fraction of sp³-hybridized carbons (Fsp3) is 0.649. The fourth-order valence-electron chi connectivity index (χ4n) is 13.2. The smallest absolute Gasteiger partial charge is 0.245 e. The number of carbonyl (C=O) groups is 6. The molecule has 4 bridgehead atoms. The summed E-state index contributed by atoms with van der Waals surface area (Å²) in [5, 5.41) is 81.9. The molecule has 20 N–H and O–H groups in total. The highest BCUT2D eigenvalue weighted by Gasteiger charge is 2.64. The lowest BCUT2D eigenvalue weighted by Gasteiger charge is -2.63. The van der Waals surface area contributed by atoms with E-state index in [0.717, 1.165) is 25.7 Å². The van der Waals surface area contributed by atoms with Gasteiger partial charge in [0.25, 0.3) is 0 Å². The first-order chi connectivity index (χ1) is 41.7. The highest BCUT2D eigenvalue weighted by molar-refractivity contribution is 5.97. The first kappa shape index (κ1) is 64.6. The number of hydrogen-bond donors (Lipinski definition) is 16. The van der Waals surface area contributed by atoms with E-state index in [-0.39, 0.29) is 87.7 Å². The summed E-state index contributed by atoms with van der Waals surface area (Å²) in [7, 11) is 0. The van der Waals surface area contributed by atoms with Gasteiger partial charge >= 0.3 is 0 Å². The Morgan fingerprint density at radius 1 is 0.586 bits per heavy atom. The van der Waals surface area contributed by atoms with Crippen molar-refractivity contribution in [2.45, 2.75) is 168 Å². The third-order valence-electron chi connectivity index (χ3n) is 17.4. The van der Waals surface area contributed by atoms with Crippen molar-refractivity contribution in [3.63, 3.8) is 0 Å². The van der Waals surface area contributed by atoms with E-state index in [1.54, 1.807) is 30.3 Å². The highest BCUT2D eigenvalue weighted by atomic mass is 16.8. The molecule has 87 heavy (non-hydrogen) atoms. The van der Waals surface area contributed by atoms with Gasteiger partial charge in [-0.2, -0.15) is 0 Å². The summed E-state index contributed by atoms with van der Waals surface area (Å²) in [6, 6.07) is 7.22. The van der Waals surface area contributed by atoms with Crippen LogP contribution in [0.3, 0.4) is 0 Å². The normalized spacial score (nSPS) is 36.5. The topological polar surface area (TPSA) is 480 Å². The van der Waals surface area contributed by atoms with Gasteiger partial charge in [0.1, 0.15) is 84.8 Å². The SMILES string of the molecule is NC(N)=NCCCC1NC(=O)C(CCCN=C(N)N)NC(=O)C(Cc2ccc(O[C@H]3O[C@@H](CO)[C@@H](O[C@@H]4O[C@@H]5COC6(O[C@H]5[C@H](O)[C@@H]4O)C4CC5CC(C4)CC6C5)[C@H](O)[C@@H]3O)cc2)NC(=O)C(Cc2ccccc2)NC(=O)CNC(=O)C(CO)NC1=O. The number of ether oxygens (including phenoxy) is 6. The monoisotopic (exact) mass is 1220 g/mol. The summed E-state index contributed by atoms with van der Waals surface area (Å²) in [5.41, 5.74) is 23.1. The van der Waals surface area contributed by atoms with Gasteiger partial charge in [0.15, 0.2) is 24.0 Å². The van der Waals surface area contributed by atoms with Crippen molar-refractivity contribution in [3.05, 3.63) is 65.7 Å². The number of benzene rings is 2. The minimum absolute atomic E-state index is 0.0170. The van der Waals surface area contributed by atoms with Crippen molar-refractivity contribution in [1.29, 1.82) is 0 Å². The molecule has 2 aromatic rings. The molecule has 4 aliphatic heterocycles. The Morgan fingerprint density at radius 3 is 1.68 bits per heavy atom. The molecule has 2 aromatic carbocycles. The number of guanidine groups is 2. The summed E-state index contributed by atoms with van der Waals surface area (Å²) < 4.78 is 37.2. The summed E-state index contributed by atoms with van der Waals surface area (Å²) >= 11 is 0. The Balaban J connectivity index is 0.901. The number of fused-ring (bicyclic) bond motifs is 1. The maximum atomic E-state index is 14.7. The molecule has 5 unspecified atom stereocenters. The van der Waals surface area contributed by atoms with E-state index < -0.39 is 153 Å². The van der Waals surface area contributed by atoms with Crippen LogP contribution in [0.2, 0.25) is 0 Å².